The van der Waals surface area contributed by atoms with E-state index in [1.165, 1.54) is 0 Å². The highest BCUT2D eigenvalue weighted by molar-refractivity contribution is 5.66. The van der Waals surface area contributed by atoms with E-state index in [-0.39, 0.29) is 13.2 Å². The van der Waals surface area contributed by atoms with Crippen molar-refractivity contribution in [1.82, 2.24) is 0 Å². The number of allylic oxidation sites excluding steroid dienone is 3. The van der Waals surface area contributed by atoms with E-state index in [0.29, 0.717) is 24.0 Å². The summed E-state index contributed by atoms with van der Waals surface area (Å²) in [4.78, 5) is 0. The van der Waals surface area contributed by atoms with Gasteiger partial charge in [0.05, 0.1) is 18.8 Å². The molecule has 2 rings (SSSR count). The first-order valence-electron chi connectivity index (χ1n) is 9.99. The maximum Gasteiger partial charge on any atom is 0.0825 e. The summed E-state index contributed by atoms with van der Waals surface area (Å²) >= 11 is 0. The quantitative estimate of drug-likeness (QED) is 0.479. The highest BCUT2D eigenvalue weighted by atomic mass is 16.3. The standard InChI is InChI=1S/C26H30O3/c1-4-26(29,5-2)15-7-8-20(3)23-10-6-9-21(16-23)11-12-22-13-14-24(18-27)25(17-22)19-28/h6-10,13-17,27-29H,4-5,18-19H2,1-3H3. The topological polar surface area (TPSA) is 60.7 Å². The molecule has 0 aromatic heterocycles. The molecule has 0 aliphatic rings. The molecule has 0 radical (unpaired) electrons. The van der Waals surface area contributed by atoms with Crippen LogP contribution >= 0.6 is 0 Å². The molecule has 0 spiro atoms. The van der Waals surface area contributed by atoms with Gasteiger partial charge in [0, 0.05) is 11.1 Å². The van der Waals surface area contributed by atoms with Crippen LogP contribution in [0.3, 0.4) is 0 Å². The summed E-state index contributed by atoms with van der Waals surface area (Å²) in [5.74, 6) is 6.29. The highest BCUT2D eigenvalue weighted by Crippen LogP contribution is 2.19. The van der Waals surface area contributed by atoms with E-state index in [0.717, 1.165) is 22.3 Å². The van der Waals surface area contributed by atoms with Crippen molar-refractivity contribution in [1.29, 1.82) is 0 Å². The van der Waals surface area contributed by atoms with E-state index >= 15 is 0 Å². The zero-order valence-electron chi connectivity index (χ0n) is 17.4. The van der Waals surface area contributed by atoms with Gasteiger partial charge in [-0.2, -0.15) is 0 Å². The summed E-state index contributed by atoms with van der Waals surface area (Å²) in [5, 5.41) is 29.1. The first-order chi connectivity index (χ1) is 13.9. The van der Waals surface area contributed by atoms with Crippen molar-refractivity contribution in [3.05, 3.63) is 88.5 Å². The summed E-state index contributed by atoms with van der Waals surface area (Å²) in [7, 11) is 0. The number of hydrogen-bond donors (Lipinski definition) is 3. The molecule has 2 aromatic carbocycles. The number of aliphatic hydroxyl groups is 3. The molecule has 3 heteroatoms. The highest BCUT2D eigenvalue weighted by Gasteiger charge is 2.16. The largest absolute Gasteiger partial charge is 0.392 e. The van der Waals surface area contributed by atoms with Crippen molar-refractivity contribution in [3.8, 4) is 11.8 Å². The van der Waals surface area contributed by atoms with Crippen molar-refractivity contribution in [2.45, 2.75) is 52.4 Å². The first-order valence-corrected chi connectivity index (χ1v) is 9.99. The van der Waals surface area contributed by atoms with E-state index in [2.05, 4.69) is 11.8 Å². The van der Waals surface area contributed by atoms with Crippen molar-refractivity contribution >= 4 is 5.57 Å². The molecule has 0 saturated heterocycles. The predicted octanol–water partition coefficient (Wildman–Crippen LogP) is 4.58. The number of benzene rings is 2. The van der Waals surface area contributed by atoms with Crippen LogP contribution in [0.25, 0.3) is 5.57 Å². The Bertz CT molecular complexity index is 938. The molecule has 2 aromatic rings. The van der Waals surface area contributed by atoms with Gasteiger partial charge < -0.3 is 15.3 Å². The van der Waals surface area contributed by atoms with Gasteiger partial charge >= 0.3 is 0 Å². The first kappa shape index (κ1) is 22.6. The number of aliphatic hydroxyl groups excluding tert-OH is 2. The molecule has 0 aliphatic carbocycles. The second kappa shape index (κ2) is 10.8. The van der Waals surface area contributed by atoms with E-state index in [9.17, 15) is 15.3 Å². The Hall–Kier alpha value is -2.64. The molecule has 0 unspecified atom stereocenters. The minimum atomic E-state index is -0.747. The second-order valence-electron chi connectivity index (χ2n) is 7.15. The van der Waals surface area contributed by atoms with E-state index < -0.39 is 5.60 Å². The molecule has 0 amide bonds. The zero-order chi connectivity index (χ0) is 21.3. The molecule has 0 bridgehead atoms. The van der Waals surface area contributed by atoms with Crippen molar-refractivity contribution in [2.75, 3.05) is 0 Å². The van der Waals surface area contributed by atoms with Gasteiger partial charge in [0.25, 0.3) is 0 Å². The third-order valence-electron chi connectivity index (χ3n) is 5.19. The monoisotopic (exact) mass is 390 g/mol. The number of rotatable bonds is 7. The van der Waals surface area contributed by atoms with Crippen molar-refractivity contribution < 1.29 is 15.3 Å². The smallest absolute Gasteiger partial charge is 0.0825 e. The van der Waals surface area contributed by atoms with Gasteiger partial charge in [0.15, 0.2) is 0 Å². The Morgan fingerprint density at radius 1 is 0.931 bits per heavy atom. The lowest BCUT2D eigenvalue weighted by atomic mass is 9.96. The third kappa shape index (κ3) is 6.44. The van der Waals surface area contributed by atoms with Crippen LogP contribution in [-0.4, -0.2) is 20.9 Å². The summed E-state index contributed by atoms with van der Waals surface area (Å²) in [5.41, 5.74) is 4.52. The van der Waals surface area contributed by atoms with Crippen LogP contribution in [0.15, 0.2) is 60.7 Å². The fraction of sp³-hybridized carbons (Fsp3) is 0.308. The van der Waals surface area contributed by atoms with Gasteiger partial charge in [0.2, 0.25) is 0 Å². The Labute approximate surface area is 174 Å². The molecule has 0 heterocycles. The van der Waals surface area contributed by atoms with Gasteiger partial charge in [-0.25, -0.2) is 0 Å². The van der Waals surface area contributed by atoms with Crippen LogP contribution in [-0.2, 0) is 13.2 Å². The summed E-state index contributed by atoms with van der Waals surface area (Å²) < 4.78 is 0. The summed E-state index contributed by atoms with van der Waals surface area (Å²) in [6.45, 7) is 5.78. The van der Waals surface area contributed by atoms with Crippen LogP contribution in [0.2, 0.25) is 0 Å². The molecule has 152 valence electrons. The van der Waals surface area contributed by atoms with Gasteiger partial charge in [-0.05, 0) is 66.3 Å². The van der Waals surface area contributed by atoms with E-state index in [1.807, 2.05) is 69.3 Å². The molecular formula is C26H30O3. The van der Waals surface area contributed by atoms with E-state index in [4.69, 9.17) is 0 Å². The summed E-state index contributed by atoms with van der Waals surface area (Å²) in [6.07, 6.45) is 7.16. The minimum absolute atomic E-state index is 0.0976. The number of hydrogen-bond acceptors (Lipinski definition) is 3. The fourth-order valence-electron chi connectivity index (χ4n) is 2.95. The maximum absolute atomic E-state index is 10.3. The van der Waals surface area contributed by atoms with Crippen LogP contribution < -0.4 is 0 Å². The normalized spacial score (nSPS) is 12.1. The van der Waals surface area contributed by atoms with Gasteiger partial charge in [-0.3, -0.25) is 0 Å². The zero-order valence-corrected chi connectivity index (χ0v) is 17.4. The lowest BCUT2D eigenvalue weighted by Crippen LogP contribution is -2.22. The molecular weight excluding hydrogens is 360 g/mol. The van der Waals surface area contributed by atoms with Crippen molar-refractivity contribution in [2.24, 2.45) is 0 Å². The maximum atomic E-state index is 10.3. The molecule has 0 fully saturated rings. The van der Waals surface area contributed by atoms with Crippen LogP contribution in [0.4, 0.5) is 0 Å². The lowest BCUT2D eigenvalue weighted by Gasteiger charge is -2.19. The SMILES string of the molecule is CCC(O)(C=CC=C(C)c1cccc(C#Cc2ccc(CO)c(CO)c2)c1)CC. The molecule has 0 saturated carbocycles. The molecule has 29 heavy (non-hydrogen) atoms. The average molecular weight is 391 g/mol. The van der Waals surface area contributed by atoms with Gasteiger partial charge in [-0.15, -0.1) is 0 Å². The van der Waals surface area contributed by atoms with Gasteiger partial charge in [0.1, 0.15) is 0 Å². The van der Waals surface area contributed by atoms with Crippen LogP contribution in [0.5, 0.6) is 0 Å². The Morgan fingerprint density at radius 2 is 1.59 bits per heavy atom. The Kier molecular flexibility index (Phi) is 8.42. The average Bonchev–Trinajstić information content (AvgIpc) is 2.77. The van der Waals surface area contributed by atoms with Crippen LogP contribution in [0, 0.1) is 11.8 Å². The lowest BCUT2D eigenvalue weighted by molar-refractivity contribution is 0.0828. The third-order valence-corrected chi connectivity index (χ3v) is 5.19. The predicted molar refractivity (Wildman–Crippen MR) is 119 cm³/mol. The molecule has 0 aliphatic heterocycles. The fourth-order valence-corrected chi connectivity index (χ4v) is 2.95. The Balaban J connectivity index is 2.21. The van der Waals surface area contributed by atoms with Crippen LogP contribution in [0.1, 0.15) is 61.4 Å². The molecule has 3 N–H and O–H groups in total. The minimum Gasteiger partial charge on any atom is -0.392 e. The molecule has 3 nitrogen and oxygen atoms in total. The van der Waals surface area contributed by atoms with Crippen molar-refractivity contribution in [3.63, 3.8) is 0 Å². The molecule has 0 atom stereocenters. The Morgan fingerprint density at radius 3 is 2.21 bits per heavy atom. The van der Waals surface area contributed by atoms with Gasteiger partial charge in [-0.1, -0.05) is 62.1 Å². The van der Waals surface area contributed by atoms with E-state index in [1.54, 1.807) is 12.1 Å². The summed E-state index contributed by atoms with van der Waals surface area (Å²) in [6, 6.07) is 13.5. The second-order valence-corrected chi connectivity index (χ2v) is 7.15.